The minimum atomic E-state index is -3.74. The van der Waals surface area contributed by atoms with Crippen LogP contribution in [0.2, 0.25) is 0 Å². The smallest absolute Gasteiger partial charge is 0.247 e. The summed E-state index contributed by atoms with van der Waals surface area (Å²) in [6.45, 7) is 5.90. The molecule has 0 aliphatic carbocycles. The highest BCUT2D eigenvalue weighted by atomic mass is 32.2. The molecule has 0 spiro atoms. The Morgan fingerprint density at radius 1 is 1.17 bits per heavy atom. The van der Waals surface area contributed by atoms with E-state index in [0.29, 0.717) is 17.1 Å². The van der Waals surface area contributed by atoms with Crippen molar-refractivity contribution in [3.63, 3.8) is 0 Å². The number of fused-ring (bicyclic) bond motifs is 1. The van der Waals surface area contributed by atoms with Crippen LogP contribution in [0.5, 0.6) is 5.75 Å². The van der Waals surface area contributed by atoms with Gasteiger partial charge in [-0.15, -0.1) is 0 Å². The van der Waals surface area contributed by atoms with E-state index in [0.717, 1.165) is 16.7 Å². The zero-order valence-corrected chi connectivity index (χ0v) is 17.8. The molecule has 1 aromatic carbocycles. The largest absolute Gasteiger partial charge is 0.492 e. The maximum Gasteiger partial charge on any atom is 0.247 e. The zero-order chi connectivity index (χ0) is 20.8. The molecule has 1 atom stereocenters. The van der Waals surface area contributed by atoms with Crippen LogP contribution in [0.15, 0.2) is 47.6 Å². The molecule has 4 rings (SSSR count). The molecule has 3 heterocycles. The summed E-state index contributed by atoms with van der Waals surface area (Å²) >= 11 is 0. The van der Waals surface area contributed by atoms with E-state index < -0.39 is 10.0 Å². The summed E-state index contributed by atoms with van der Waals surface area (Å²) in [4.78, 5) is 4.45. The van der Waals surface area contributed by atoms with E-state index in [2.05, 4.69) is 10.1 Å². The molecule has 29 heavy (non-hydrogen) atoms. The van der Waals surface area contributed by atoms with Gasteiger partial charge in [0.15, 0.2) is 0 Å². The van der Waals surface area contributed by atoms with Gasteiger partial charge in [-0.2, -0.15) is 9.40 Å². The molecule has 1 aliphatic rings. The van der Waals surface area contributed by atoms with E-state index in [1.54, 1.807) is 38.0 Å². The predicted molar refractivity (Wildman–Crippen MR) is 110 cm³/mol. The van der Waals surface area contributed by atoms with Crippen molar-refractivity contribution in [3.8, 4) is 16.9 Å². The van der Waals surface area contributed by atoms with E-state index in [-0.39, 0.29) is 24.1 Å². The SMILES string of the molecule is Cc1nn(C)c(C)c1S(=O)(=O)N1Cc2cc(-c3cccnc3)ccc2OC[C@@H]1C. The van der Waals surface area contributed by atoms with E-state index >= 15 is 0 Å². The maximum atomic E-state index is 13.6. The molecule has 0 bridgehead atoms. The fourth-order valence-electron chi connectivity index (χ4n) is 3.74. The van der Waals surface area contributed by atoms with Crippen molar-refractivity contribution < 1.29 is 13.2 Å². The first-order valence-electron chi connectivity index (χ1n) is 9.47. The van der Waals surface area contributed by atoms with Crippen LogP contribution in [0.4, 0.5) is 0 Å². The lowest BCUT2D eigenvalue weighted by Crippen LogP contribution is -2.40. The number of rotatable bonds is 3. The summed E-state index contributed by atoms with van der Waals surface area (Å²) in [5, 5.41) is 4.29. The number of pyridine rings is 1. The van der Waals surface area contributed by atoms with Gasteiger partial charge in [-0.05, 0) is 44.5 Å². The Morgan fingerprint density at radius 2 is 1.97 bits per heavy atom. The summed E-state index contributed by atoms with van der Waals surface area (Å²) < 4.78 is 36.2. The van der Waals surface area contributed by atoms with Crippen LogP contribution in [0.25, 0.3) is 11.1 Å². The summed E-state index contributed by atoms with van der Waals surface area (Å²) in [6, 6.07) is 9.40. The highest BCUT2D eigenvalue weighted by Gasteiger charge is 2.36. The van der Waals surface area contributed by atoms with Crippen LogP contribution in [-0.4, -0.2) is 40.1 Å². The van der Waals surface area contributed by atoms with Gasteiger partial charge in [-0.25, -0.2) is 8.42 Å². The van der Waals surface area contributed by atoms with Crippen molar-refractivity contribution in [2.75, 3.05) is 6.61 Å². The third kappa shape index (κ3) is 3.42. The number of hydrogen-bond donors (Lipinski definition) is 0. The van der Waals surface area contributed by atoms with Crippen LogP contribution in [0.3, 0.4) is 0 Å². The average molecular weight is 413 g/mol. The summed E-state index contributed by atoms with van der Waals surface area (Å²) in [5.74, 6) is 0.710. The lowest BCUT2D eigenvalue weighted by Gasteiger charge is -2.25. The Kier molecular flexibility index (Phi) is 4.92. The third-order valence-corrected chi connectivity index (χ3v) is 7.58. The van der Waals surface area contributed by atoms with E-state index in [1.165, 1.54) is 4.31 Å². The van der Waals surface area contributed by atoms with Gasteiger partial charge in [0, 0.05) is 37.1 Å². The fraction of sp³-hybridized carbons (Fsp3) is 0.333. The minimum absolute atomic E-state index is 0.237. The third-order valence-electron chi connectivity index (χ3n) is 5.36. The summed E-state index contributed by atoms with van der Waals surface area (Å²) in [6.07, 6.45) is 3.52. The molecule has 0 amide bonds. The molecule has 8 heteroatoms. The Labute approximate surface area is 171 Å². The van der Waals surface area contributed by atoms with E-state index in [9.17, 15) is 8.42 Å². The van der Waals surface area contributed by atoms with Crippen molar-refractivity contribution >= 4 is 10.0 Å². The molecule has 2 aromatic heterocycles. The Hall–Kier alpha value is -2.71. The summed E-state index contributed by atoms with van der Waals surface area (Å²) in [7, 11) is -1.98. The second-order valence-corrected chi connectivity index (χ2v) is 9.23. The van der Waals surface area contributed by atoms with Gasteiger partial charge in [0.2, 0.25) is 10.0 Å². The van der Waals surface area contributed by atoms with Gasteiger partial charge in [0.05, 0.1) is 17.4 Å². The number of sulfonamides is 1. The first kappa shape index (κ1) is 19.6. The first-order valence-corrected chi connectivity index (χ1v) is 10.9. The molecule has 152 valence electrons. The maximum absolute atomic E-state index is 13.6. The molecule has 3 aromatic rings. The minimum Gasteiger partial charge on any atom is -0.492 e. The fourth-order valence-corrected chi connectivity index (χ4v) is 5.74. The molecular weight excluding hydrogens is 388 g/mol. The Balaban J connectivity index is 1.77. The molecule has 7 nitrogen and oxygen atoms in total. The first-order chi connectivity index (χ1) is 13.8. The number of aromatic nitrogens is 3. The van der Waals surface area contributed by atoms with Gasteiger partial charge >= 0.3 is 0 Å². The lowest BCUT2D eigenvalue weighted by atomic mass is 10.0. The zero-order valence-electron chi connectivity index (χ0n) is 17.0. The van der Waals surface area contributed by atoms with Gasteiger partial charge in [-0.3, -0.25) is 9.67 Å². The topological polar surface area (TPSA) is 77.3 Å². The summed E-state index contributed by atoms with van der Waals surface area (Å²) in [5.41, 5.74) is 3.91. The highest BCUT2D eigenvalue weighted by Crippen LogP contribution is 2.33. The van der Waals surface area contributed by atoms with Crippen LogP contribution in [0.1, 0.15) is 23.9 Å². The molecular formula is C21H24N4O3S. The van der Waals surface area contributed by atoms with Crippen LogP contribution < -0.4 is 4.74 Å². The molecule has 0 saturated heterocycles. The van der Waals surface area contributed by atoms with Gasteiger partial charge in [0.25, 0.3) is 0 Å². The molecule has 0 unspecified atom stereocenters. The monoisotopic (exact) mass is 412 g/mol. The van der Waals surface area contributed by atoms with Gasteiger partial charge < -0.3 is 4.74 Å². The molecule has 1 aliphatic heterocycles. The second kappa shape index (κ2) is 7.27. The highest BCUT2D eigenvalue weighted by molar-refractivity contribution is 7.89. The quantitative estimate of drug-likeness (QED) is 0.661. The second-order valence-electron chi connectivity index (χ2n) is 7.40. The number of hydrogen-bond acceptors (Lipinski definition) is 5. The standard InChI is InChI=1S/C21H24N4O3S/c1-14-13-28-20-8-7-17(18-6-5-9-22-11-18)10-19(20)12-25(14)29(26,27)21-15(2)23-24(4)16(21)3/h5-11,14H,12-13H2,1-4H3/t14-/m0/s1. The predicted octanol–water partition coefficient (Wildman–Crippen LogP) is 3.07. The number of benzene rings is 1. The molecule has 0 N–H and O–H groups in total. The number of aryl methyl sites for hydroxylation is 2. The van der Waals surface area contributed by atoms with Crippen molar-refractivity contribution in [3.05, 3.63) is 59.7 Å². The Bertz CT molecular complexity index is 1160. The lowest BCUT2D eigenvalue weighted by molar-refractivity contribution is 0.233. The van der Waals surface area contributed by atoms with Crippen LogP contribution in [0, 0.1) is 13.8 Å². The number of ether oxygens (including phenoxy) is 1. The van der Waals surface area contributed by atoms with Crippen molar-refractivity contribution in [2.24, 2.45) is 7.05 Å². The van der Waals surface area contributed by atoms with Crippen LogP contribution in [-0.2, 0) is 23.6 Å². The van der Waals surface area contributed by atoms with Crippen molar-refractivity contribution in [2.45, 2.75) is 38.3 Å². The van der Waals surface area contributed by atoms with E-state index in [4.69, 9.17) is 4.74 Å². The molecule has 0 radical (unpaired) electrons. The Morgan fingerprint density at radius 3 is 2.62 bits per heavy atom. The average Bonchev–Trinajstić information content (AvgIpc) is 2.86. The van der Waals surface area contributed by atoms with Gasteiger partial charge in [-0.1, -0.05) is 12.1 Å². The van der Waals surface area contributed by atoms with Crippen LogP contribution >= 0.6 is 0 Å². The van der Waals surface area contributed by atoms with Crippen molar-refractivity contribution in [1.29, 1.82) is 0 Å². The molecule has 0 fully saturated rings. The number of nitrogens with zero attached hydrogens (tertiary/aromatic N) is 4. The normalized spacial score (nSPS) is 17.4. The van der Waals surface area contributed by atoms with E-state index in [1.807, 2.05) is 37.3 Å². The van der Waals surface area contributed by atoms with Gasteiger partial charge in [0.1, 0.15) is 17.3 Å². The van der Waals surface area contributed by atoms with Crippen molar-refractivity contribution in [1.82, 2.24) is 19.1 Å². The molecule has 0 saturated carbocycles.